The van der Waals surface area contributed by atoms with Crippen molar-refractivity contribution in [2.45, 2.75) is 78.7 Å². The molecule has 2 rings (SSSR count). The standard InChI is InChI=1S/C23H35F3N4O3/c1-7-28-17-12-15(23(24,25)26)14(11-16(17)27)20(31)30(13(2)3)18-9-8-10-29(21(32)33)19(18)22(4,5)6/h11-13,18-19,28H,7-10,27H2,1-6H3,(H,32,33)/t18-,19?/m1/s1. The molecule has 0 radical (unpaired) electrons. The van der Waals surface area contributed by atoms with Gasteiger partial charge in [0.1, 0.15) is 0 Å². The van der Waals surface area contributed by atoms with Crippen LogP contribution in [0.15, 0.2) is 12.1 Å². The zero-order chi connectivity index (χ0) is 25.3. The minimum atomic E-state index is -4.77. The number of piperidine rings is 1. The van der Waals surface area contributed by atoms with E-state index in [0.29, 0.717) is 25.9 Å². The molecule has 4 N–H and O–H groups in total. The van der Waals surface area contributed by atoms with Crippen molar-refractivity contribution in [3.8, 4) is 0 Å². The molecule has 10 heteroatoms. The van der Waals surface area contributed by atoms with E-state index in [1.807, 2.05) is 20.8 Å². The molecule has 1 aliphatic heterocycles. The fourth-order valence-electron chi connectivity index (χ4n) is 4.80. The molecule has 7 nitrogen and oxygen atoms in total. The van der Waals surface area contributed by atoms with E-state index in [1.165, 1.54) is 9.80 Å². The summed E-state index contributed by atoms with van der Waals surface area (Å²) in [6.07, 6.45) is -4.88. The zero-order valence-corrected chi connectivity index (χ0v) is 20.1. The Balaban J connectivity index is 2.65. The second kappa shape index (κ2) is 9.69. The Labute approximate surface area is 193 Å². The molecular formula is C23H35F3N4O3. The molecule has 1 unspecified atom stereocenters. The molecule has 1 aromatic carbocycles. The number of nitrogen functional groups attached to an aromatic ring is 1. The molecule has 0 spiro atoms. The molecule has 1 aromatic rings. The normalized spacial score (nSPS) is 19.5. The Hall–Kier alpha value is -2.65. The van der Waals surface area contributed by atoms with Crippen molar-refractivity contribution < 1.29 is 27.9 Å². The molecule has 0 aromatic heterocycles. The molecule has 1 aliphatic rings. The third-order valence-electron chi connectivity index (χ3n) is 5.97. The van der Waals surface area contributed by atoms with Gasteiger partial charge in [-0.15, -0.1) is 0 Å². The number of hydrogen-bond acceptors (Lipinski definition) is 4. The molecule has 1 heterocycles. The van der Waals surface area contributed by atoms with Crippen LogP contribution < -0.4 is 11.1 Å². The van der Waals surface area contributed by atoms with Crippen LogP contribution in [-0.4, -0.2) is 58.1 Å². The number of benzene rings is 1. The minimum Gasteiger partial charge on any atom is -0.465 e. The van der Waals surface area contributed by atoms with Gasteiger partial charge in [0.15, 0.2) is 0 Å². The number of carbonyl (C=O) groups is 2. The molecular weight excluding hydrogens is 437 g/mol. The number of nitrogens with two attached hydrogens (primary N) is 1. The Bertz CT molecular complexity index is 881. The van der Waals surface area contributed by atoms with Gasteiger partial charge < -0.3 is 26.0 Å². The molecule has 2 atom stereocenters. The molecule has 0 bridgehead atoms. The molecule has 0 saturated carbocycles. The van der Waals surface area contributed by atoms with E-state index in [4.69, 9.17) is 5.73 Å². The predicted octanol–water partition coefficient (Wildman–Crippen LogP) is 5.13. The fourth-order valence-corrected chi connectivity index (χ4v) is 4.80. The quantitative estimate of drug-likeness (QED) is 0.516. The van der Waals surface area contributed by atoms with Gasteiger partial charge in [-0.2, -0.15) is 13.2 Å². The zero-order valence-electron chi connectivity index (χ0n) is 20.1. The summed E-state index contributed by atoms with van der Waals surface area (Å²) in [5.41, 5.74) is 3.99. The van der Waals surface area contributed by atoms with E-state index in [-0.39, 0.29) is 11.4 Å². The van der Waals surface area contributed by atoms with Crippen LogP contribution in [-0.2, 0) is 6.18 Å². The maximum Gasteiger partial charge on any atom is 0.417 e. The second-order valence-corrected chi connectivity index (χ2v) is 9.82. The van der Waals surface area contributed by atoms with E-state index < -0.39 is 52.8 Å². The molecule has 0 aliphatic carbocycles. The first-order chi connectivity index (χ1) is 15.1. The largest absolute Gasteiger partial charge is 0.465 e. The van der Waals surface area contributed by atoms with Crippen molar-refractivity contribution in [3.05, 3.63) is 23.3 Å². The maximum atomic E-state index is 14.0. The van der Waals surface area contributed by atoms with Crippen molar-refractivity contribution in [1.82, 2.24) is 9.80 Å². The molecule has 1 saturated heterocycles. The van der Waals surface area contributed by atoms with Gasteiger partial charge in [0, 0.05) is 19.1 Å². The summed E-state index contributed by atoms with van der Waals surface area (Å²) < 4.78 is 41.9. The lowest BCUT2D eigenvalue weighted by Crippen LogP contribution is -2.63. The van der Waals surface area contributed by atoms with Crippen LogP contribution in [0.4, 0.5) is 29.3 Å². The summed E-state index contributed by atoms with van der Waals surface area (Å²) in [5, 5.41) is 12.6. The van der Waals surface area contributed by atoms with E-state index in [1.54, 1.807) is 20.8 Å². The first kappa shape index (κ1) is 26.6. The van der Waals surface area contributed by atoms with Crippen molar-refractivity contribution >= 4 is 23.4 Å². The average molecular weight is 473 g/mol. The van der Waals surface area contributed by atoms with Gasteiger partial charge >= 0.3 is 12.3 Å². The number of anilines is 2. The number of hydrogen-bond donors (Lipinski definition) is 3. The van der Waals surface area contributed by atoms with Crippen molar-refractivity contribution in [1.29, 1.82) is 0 Å². The van der Waals surface area contributed by atoms with Gasteiger partial charge in [-0.1, -0.05) is 20.8 Å². The number of halogens is 3. The maximum absolute atomic E-state index is 14.0. The van der Waals surface area contributed by atoms with Crippen LogP contribution in [0, 0.1) is 5.41 Å². The number of nitrogens with zero attached hydrogens (tertiary/aromatic N) is 2. The molecule has 33 heavy (non-hydrogen) atoms. The third kappa shape index (κ3) is 5.65. The molecule has 186 valence electrons. The van der Waals surface area contributed by atoms with Crippen LogP contribution in [0.2, 0.25) is 0 Å². The number of nitrogens with one attached hydrogen (secondary N) is 1. The van der Waals surface area contributed by atoms with Gasteiger partial charge in [0.05, 0.1) is 34.6 Å². The van der Waals surface area contributed by atoms with E-state index in [9.17, 15) is 27.9 Å². The molecule has 1 fully saturated rings. The average Bonchev–Trinajstić information content (AvgIpc) is 2.67. The van der Waals surface area contributed by atoms with Gasteiger partial charge in [0.2, 0.25) is 0 Å². The Kier molecular flexibility index (Phi) is 7.81. The number of rotatable bonds is 5. The highest BCUT2D eigenvalue weighted by Crippen LogP contribution is 2.40. The van der Waals surface area contributed by atoms with Crippen molar-refractivity contribution in [2.24, 2.45) is 5.41 Å². The lowest BCUT2D eigenvalue weighted by atomic mass is 9.76. The fraction of sp³-hybridized carbons (Fsp3) is 0.652. The van der Waals surface area contributed by atoms with Crippen LogP contribution in [0.25, 0.3) is 0 Å². The summed E-state index contributed by atoms with van der Waals surface area (Å²) in [4.78, 5) is 28.4. The number of likely N-dealkylation sites (tertiary alicyclic amines) is 1. The number of amides is 2. The van der Waals surface area contributed by atoms with Crippen LogP contribution in [0.1, 0.15) is 70.3 Å². The van der Waals surface area contributed by atoms with Gasteiger partial charge in [-0.05, 0) is 51.2 Å². The van der Waals surface area contributed by atoms with Gasteiger partial charge in [0.25, 0.3) is 5.91 Å². The first-order valence-electron chi connectivity index (χ1n) is 11.2. The SMILES string of the molecule is CCNc1cc(C(F)(F)F)c(C(=O)N(C(C)C)[C@@H]2CCCN(C(=O)O)C2C(C)(C)C)cc1N. The Morgan fingerprint density at radius 1 is 1.27 bits per heavy atom. The van der Waals surface area contributed by atoms with Gasteiger partial charge in [-0.25, -0.2) is 4.79 Å². The van der Waals surface area contributed by atoms with Crippen molar-refractivity contribution in [3.63, 3.8) is 0 Å². The van der Waals surface area contributed by atoms with Crippen LogP contribution in [0.3, 0.4) is 0 Å². The topological polar surface area (TPSA) is 98.9 Å². The van der Waals surface area contributed by atoms with E-state index in [0.717, 1.165) is 12.1 Å². The smallest absolute Gasteiger partial charge is 0.417 e. The highest BCUT2D eigenvalue weighted by molar-refractivity contribution is 5.98. The lowest BCUT2D eigenvalue weighted by Gasteiger charge is -2.51. The Morgan fingerprint density at radius 3 is 2.33 bits per heavy atom. The third-order valence-corrected chi connectivity index (χ3v) is 5.97. The van der Waals surface area contributed by atoms with Crippen molar-refractivity contribution in [2.75, 3.05) is 24.1 Å². The minimum absolute atomic E-state index is 0.0417. The lowest BCUT2D eigenvalue weighted by molar-refractivity contribution is -0.138. The Morgan fingerprint density at radius 2 is 1.88 bits per heavy atom. The summed E-state index contributed by atoms with van der Waals surface area (Å²) in [6.45, 7) is 11.5. The summed E-state index contributed by atoms with van der Waals surface area (Å²) in [6, 6.07) is 0.316. The number of carboxylic acid groups (broad SMARTS) is 1. The van der Waals surface area contributed by atoms with Crippen LogP contribution >= 0.6 is 0 Å². The second-order valence-electron chi connectivity index (χ2n) is 9.82. The van der Waals surface area contributed by atoms with Gasteiger partial charge in [-0.3, -0.25) is 4.79 Å². The number of carbonyl (C=O) groups excluding carboxylic acids is 1. The monoisotopic (exact) mass is 472 g/mol. The van der Waals surface area contributed by atoms with Crippen LogP contribution in [0.5, 0.6) is 0 Å². The number of alkyl halides is 3. The predicted molar refractivity (Wildman–Crippen MR) is 122 cm³/mol. The highest BCUT2D eigenvalue weighted by Gasteiger charge is 2.47. The van der Waals surface area contributed by atoms with E-state index in [2.05, 4.69) is 5.32 Å². The summed E-state index contributed by atoms with van der Waals surface area (Å²) >= 11 is 0. The first-order valence-corrected chi connectivity index (χ1v) is 11.2. The molecule has 2 amide bonds. The summed E-state index contributed by atoms with van der Waals surface area (Å²) in [5.74, 6) is -0.807. The van der Waals surface area contributed by atoms with E-state index >= 15 is 0 Å². The summed E-state index contributed by atoms with van der Waals surface area (Å²) in [7, 11) is 0. The highest BCUT2D eigenvalue weighted by atomic mass is 19.4.